The lowest BCUT2D eigenvalue weighted by Gasteiger charge is -2.08. The molecule has 0 amide bonds. The number of rotatable bonds is 20. The second-order valence-electron chi connectivity index (χ2n) is 9.07. The Morgan fingerprint density at radius 2 is 0.727 bits per heavy atom. The van der Waals surface area contributed by atoms with Crippen LogP contribution in [-0.4, -0.2) is 50.3 Å². The Morgan fingerprint density at radius 3 is 1.03 bits per heavy atom. The predicted octanol–water partition coefficient (Wildman–Crippen LogP) is 4.76. The molecule has 0 aromatic carbocycles. The maximum absolute atomic E-state index is 11.6. The first kappa shape index (κ1) is 30.9. The highest BCUT2D eigenvalue weighted by molar-refractivity contribution is 5.78. The van der Waals surface area contributed by atoms with Crippen molar-refractivity contribution >= 4 is 23.9 Å². The van der Waals surface area contributed by atoms with Crippen molar-refractivity contribution in [3.05, 3.63) is 0 Å². The molecule has 0 unspecified atom stereocenters. The topological polar surface area (TPSA) is 105 Å². The van der Waals surface area contributed by atoms with E-state index in [1.54, 1.807) is 0 Å². The van der Waals surface area contributed by atoms with E-state index in [-0.39, 0.29) is 61.4 Å². The van der Waals surface area contributed by atoms with Gasteiger partial charge in [0, 0.05) is 0 Å². The molecule has 0 aromatic rings. The molecular weight excluding hydrogens is 428 g/mol. The molecule has 0 saturated heterocycles. The lowest BCUT2D eigenvalue weighted by Crippen LogP contribution is -2.13. The average molecular weight is 473 g/mol. The van der Waals surface area contributed by atoms with E-state index in [4.69, 9.17) is 18.9 Å². The van der Waals surface area contributed by atoms with Crippen LogP contribution in [0.5, 0.6) is 0 Å². The van der Waals surface area contributed by atoms with Gasteiger partial charge in [-0.05, 0) is 24.7 Å². The van der Waals surface area contributed by atoms with Crippen molar-refractivity contribution < 1.29 is 38.1 Å². The van der Waals surface area contributed by atoms with Gasteiger partial charge in [-0.2, -0.15) is 0 Å². The number of hydrogen-bond acceptors (Lipinski definition) is 8. The van der Waals surface area contributed by atoms with E-state index >= 15 is 0 Å². The van der Waals surface area contributed by atoms with Crippen LogP contribution in [0.15, 0.2) is 0 Å². The second-order valence-corrected chi connectivity index (χ2v) is 9.07. The number of carbonyl (C=O) groups excluding carboxylic acids is 4. The van der Waals surface area contributed by atoms with E-state index in [1.807, 2.05) is 27.7 Å². The third kappa shape index (κ3) is 22.9. The summed E-state index contributed by atoms with van der Waals surface area (Å²) in [4.78, 5) is 46.1. The molecule has 0 aliphatic heterocycles. The lowest BCUT2D eigenvalue weighted by molar-refractivity contribution is -0.151. The van der Waals surface area contributed by atoms with E-state index in [0.29, 0.717) is 26.4 Å². The summed E-state index contributed by atoms with van der Waals surface area (Å²) in [6, 6.07) is 0. The van der Waals surface area contributed by atoms with E-state index in [0.717, 1.165) is 44.9 Å². The maximum Gasteiger partial charge on any atom is 0.306 e. The fraction of sp³-hybridized carbons (Fsp3) is 0.840. The molecule has 0 rings (SSSR count). The molecule has 0 aliphatic carbocycles. The van der Waals surface area contributed by atoms with Crippen LogP contribution in [0.25, 0.3) is 0 Å². The van der Waals surface area contributed by atoms with Crippen LogP contribution in [0.1, 0.15) is 98.3 Å². The third-order valence-electron chi connectivity index (χ3n) is 4.54. The Balaban J connectivity index is 3.42. The first-order valence-electron chi connectivity index (χ1n) is 12.3. The molecule has 33 heavy (non-hydrogen) atoms. The van der Waals surface area contributed by atoms with Crippen molar-refractivity contribution in [2.24, 2.45) is 11.8 Å². The van der Waals surface area contributed by atoms with Gasteiger partial charge in [0.15, 0.2) is 0 Å². The van der Waals surface area contributed by atoms with Crippen LogP contribution in [-0.2, 0) is 38.1 Å². The minimum Gasteiger partial charge on any atom is -0.466 e. The first-order chi connectivity index (χ1) is 15.7. The van der Waals surface area contributed by atoms with Crippen molar-refractivity contribution in [1.29, 1.82) is 0 Å². The van der Waals surface area contributed by atoms with Crippen molar-refractivity contribution in [3.63, 3.8) is 0 Å². The van der Waals surface area contributed by atoms with Crippen molar-refractivity contribution in [2.45, 2.75) is 98.3 Å². The molecule has 0 radical (unpaired) electrons. The number of hydrogen-bond donors (Lipinski definition) is 0. The largest absolute Gasteiger partial charge is 0.466 e. The van der Waals surface area contributed by atoms with Gasteiger partial charge in [-0.1, -0.05) is 59.8 Å². The van der Waals surface area contributed by atoms with Crippen LogP contribution in [0, 0.1) is 11.8 Å². The molecule has 0 fully saturated rings. The Labute approximate surface area is 199 Å². The SMILES string of the molecule is CC(C)COC(=O)CCC(=O)OCCCCCCCCCOC(=O)CCC(=O)OCC(C)C. The highest BCUT2D eigenvalue weighted by Gasteiger charge is 2.10. The molecule has 0 aliphatic rings. The summed E-state index contributed by atoms with van der Waals surface area (Å²) in [7, 11) is 0. The average Bonchev–Trinajstić information content (AvgIpc) is 2.76. The summed E-state index contributed by atoms with van der Waals surface area (Å²) in [5.74, 6) is -0.894. The van der Waals surface area contributed by atoms with E-state index in [1.165, 1.54) is 0 Å². The Morgan fingerprint density at radius 1 is 0.455 bits per heavy atom. The summed E-state index contributed by atoms with van der Waals surface area (Å²) >= 11 is 0. The van der Waals surface area contributed by atoms with Crippen LogP contribution < -0.4 is 0 Å². The quantitative estimate of drug-likeness (QED) is 0.142. The van der Waals surface area contributed by atoms with E-state index in [2.05, 4.69) is 0 Å². The summed E-state index contributed by atoms with van der Waals surface area (Å²) in [5, 5.41) is 0. The van der Waals surface area contributed by atoms with Gasteiger partial charge in [0.25, 0.3) is 0 Å². The Hall–Kier alpha value is -2.12. The van der Waals surface area contributed by atoms with Crippen LogP contribution in [0.2, 0.25) is 0 Å². The monoisotopic (exact) mass is 472 g/mol. The van der Waals surface area contributed by atoms with E-state index < -0.39 is 0 Å². The molecule has 0 spiro atoms. The van der Waals surface area contributed by atoms with Gasteiger partial charge >= 0.3 is 23.9 Å². The summed E-state index contributed by atoms with van der Waals surface area (Å²) in [6.45, 7) is 9.32. The van der Waals surface area contributed by atoms with E-state index in [9.17, 15) is 19.2 Å². The first-order valence-corrected chi connectivity index (χ1v) is 12.3. The van der Waals surface area contributed by atoms with Gasteiger partial charge < -0.3 is 18.9 Å². The molecular formula is C25H44O8. The van der Waals surface area contributed by atoms with Crippen molar-refractivity contribution in [3.8, 4) is 0 Å². The zero-order valence-corrected chi connectivity index (χ0v) is 21.0. The zero-order chi connectivity index (χ0) is 24.9. The second kappa shape index (κ2) is 20.5. The van der Waals surface area contributed by atoms with Crippen LogP contribution in [0.4, 0.5) is 0 Å². The van der Waals surface area contributed by atoms with Crippen molar-refractivity contribution in [2.75, 3.05) is 26.4 Å². The standard InChI is InChI=1S/C25H44O8/c1-20(2)18-32-24(28)14-12-22(26)30-16-10-8-6-5-7-9-11-17-31-23(27)13-15-25(29)33-19-21(3)4/h20-21H,5-19H2,1-4H3. The van der Waals surface area contributed by atoms with Gasteiger partial charge in [0.05, 0.1) is 52.1 Å². The smallest absolute Gasteiger partial charge is 0.306 e. The maximum atomic E-state index is 11.6. The third-order valence-corrected chi connectivity index (χ3v) is 4.54. The number of carbonyl (C=O) groups is 4. The predicted molar refractivity (Wildman–Crippen MR) is 124 cm³/mol. The summed E-state index contributed by atoms with van der Waals surface area (Å²) in [6.07, 6.45) is 6.99. The van der Waals surface area contributed by atoms with Gasteiger partial charge in [-0.25, -0.2) is 0 Å². The minimum atomic E-state index is -0.364. The normalized spacial score (nSPS) is 10.8. The Bertz CT molecular complexity index is 509. The highest BCUT2D eigenvalue weighted by atomic mass is 16.5. The molecule has 0 saturated carbocycles. The number of ether oxygens (including phenoxy) is 4. The molecule has 0 aromatic heterocycles. The summed E-state index contributed by atoms with van der Waals surface area (Å²) in [5.41, 5.74) is 0. The van der Waals surface area contributed by atoms with Gasteiger partial charge in [-0.3, -0.25) is 19.2 Å². The highest BCUT2D eigenvalue weighted by Crippen LogP contribution is 2.08. The van der Waals surface area contributed by atoms with Crippen LogP contribution in [0.3, 0.4) is 0 Å². The molecule has 8 heteroatoms. The fourth-order valence-corrected chi connectivity index (χ4v) is 2.68. The fourth-order valence-electron chi connectivity index (χ4n) is 2.68. The van der Waals surface area contributed by atoms with Gasteiger partial charge in [0.2, 0.25) is 0 Å². The number of unbranched alkanes of at least 4 members (excludes halogenated alkanes) is 6. The molecule has 0 atom stereocenters. The minimum absolute atomic E-state index is 0.0592. The lowest BCUT2D eigenvalue weighted by atomic mass is 10.1. The van der Waals surface area contributed by atoms with Gasteiger partial charge in [-0.15, -0.1) is 0 Å². The molecule has 0 N–H and O–H groups in total. The number of esters is 4. The summed E-state index contributed by atoms with van der Waals surface area (Å²) < 4.78 is 20.3. The van der Waals surface area contributed by atoms with Crippen LogP contribution >= 0.6 is 0 Å². The zero-order valence-electron chi connectivity index (χ0n) is 21.0. The molecule has 0 heterocycles. The molecule has 8 nitrogen and oxygen atoms in total. The van der Waals surface area contributed by atoms with Crippen molar-refractivity contribution in [1.82, 2.24) is 0 Å². The Kier molecular flexibility index (Phi) is 19.2. The molecule has 192 valence electrons. The van der Waals surface area contributed by atoms with Gasteiger partial charge in [0.1, 0.15) is 0 Å². The molecule has 0 bridgehead atoms.